The Kier molecular flexibility index (Phi) is 4.27. The van der Waals surface area contributed by atoms with Gasteiger partial charge in [-0.25, -0.2) is 9.97 Å². The summed E-state index contributed by atoms with van der Waals surface area (Å²) < 4.78 is 0. The number of β-amino-alcohol motifs (C(OH)–C–C–N with tert-alkyl or cyclic N) is 1. The maximum absolute atomic E-state index is 12.8. The molecule has 0 radical (unpaired) electrons. The van der Waals surface area contributed by atoms with E-state index in [0.717, 1.165) is 29.9 Å². The number of H-pyrrole nitrogens is 1. The fraction of sp³-hybridized carbons (Fsp3) is 0.409. The first-order chi connectivity index (χ1) is 13.1. The van der Waals surface area contributed by atoms with E-state index in [4.69, 9.17) is 4.98 Å². The summed E-state index contributed by atoms with van der Waals surface area (Å²) in [5.41, 5.74) is 3.37. The van der Waals surface area contributed by atoms with Crippen LogP contribution in [0.2, 0.25) is 0 Å². The minimum absolute atomic E-state index is 0.0400. The van der Waals surface area contributed by atoms with E-state index in [1.807, 2.05) is 45.9 Å². The number of ketones is 1. The lowest BCUT2D eigenvalue weighted by Gasteiger charge is -2.21. The van der Waals surface area contributed by atoms with Crippen LogP contribution < -0.4 is 4.90 Å². The van der Waals surface area contributed by atoms with Crippen molar-refractivity contribution >= 4 is 22.6 Å². The summed E-state index contributed by atoms with van der Waals surface area (Å²) >= 11 is 0. The molecule has 6 heteroatoms. The van der Waals surface area contributed by atoms with Crippen LogP contribution in [0.15, 0.2) is 36.7 Å². The normalized spacial score (nSPS) is 20.1. The summed E-state index contributed by atoms with van der Waals surface area (Å²) in [4.78, 5) is 27.2. The number of nitrogens with one attached hydrogen (secondary N) is 1. The first-order valence-corrected chi connectivity index (χ1v) is 9.61. The predicted molar refractivity (Wildman–Crippen MR) is 111 cm³/mol. The summed E-state index contributed by atoms with van der Waals surface area (Å²) in [5.74, 6) is 0.0400. The van der Waals surface area contributed by atoms with Crippen molar-refractivity contribution < 1.29 is 9.90 Å². The van der Waals surface area contributed by atoms with Crippen molar-refractivity contribution in [2.75, 3.05) is 18.0 Å². The Hall–Kier alpha value is -2.73. The second kappa shape index (κ2) is 6.41. The van der Waals surface area contributed by atoms with Crippen LogP contribution in [0.5, 0.6) is 0 Å². The predicted octanol–water partition coefficient (Wildman–Crippen LogP) is 3.81. The number of fused-ring (bicyclic) bond motifs is 1. The third-order valence-corrected chi connectivity index (χ3v) is 5.27. The average Bonchev–Trinajstić information content (AvgIpc) is 3.22. The fourth-order valence-corrected chi connectivity index (χ4v) is 3.64. The zero-order valence-corrected chi connectivity index (χ0v) is 16.8. The van der Waals surface area contributed by atoms with Gasteiger partial charge in [-0.2, -0.15) is 0 Å². The van der Waals surface area contributed by atoms with E-state index in [1.54, 1.807) is 12.4 Å². The SMILES string of the molecule is CC1(O)CCN(c2cccc(-c3cnc4[nH]cc(C(=O)C(C)(C)C)c4n3)c2)C1. The minimum atomic E-state index is -0.651. The van der Waals surface area contributed by atoms with Gasteiger partial charge in [-0.3, -0.25) is 4.79 Å². The molecule has 2 aromatic heterocycles. The van der Waals surface area contributed by atoms with Crippen molar-refractivity contribution in [1.82, 2.24) is 15.0 Å². The molecule has 0 bridgehead atoms. The van der Waals surface area contributed by atoms with Crippen LogP contribution >= 0.6 is 0 Å². The monoisotopic (exact) mass is 378 g/mol. The average molecular weight is 378 g/mol. The Morgan fingerprint density at radius 2 is 2.11 bits per heavy atom. The van der Waals surface area contributed by atoms with Crippen molar-refractivity contribution in [2.24, 2.45) is 5.41 Å². The molecule has 1 fully saturated rings. The molecule has 1 unspecified atom stereocenters. The highest BCUT2D eigenvalue weighted by Crippen LogP contribution is 2.31. The molecule has 0 amide bonds. The molecule has 0 spiro atoms. The minimum Gasteiger partial charge on any atom is -0.388 e. The number of hydrogen-bond acceptors (Lipinski definition) is 5. The summed E-state index contributed by atoms with van der Waals surface area (Å²) in [7, 11) is 0. The van der Waals surface area contributed by atoms with Crippen molar-refractivity contribution in [1.29, 1.82) is 0 Å². The van der Waals surface area contributed by atoms with Crippen LogP contribution in [-0.4, -0.2) is 44.5 Å². The zero-order valence-electron chi connectivity index (χ0n) is 16.8. The molecule has 3 heterocycles. The van der Waals surface area contributed by atoms with Gasteiger partial charge >= 0.3 is 0 Å². The second-order valence-corrected chi connectivity index (χ2v) is 8.95. The molecule has 1 atom stereocenters. The molecule has 1 aromatic carbocycles. The molecule has 1 aliphatic heterocycles. The van der Waals surface area contributed by atoms with Crippen LogP contribution in [-0.2, 0) is 0 Å². The van der Waals surface area contributed by atoms with Gasteiger partial charge in [0.25, 0.3) is 0 Å². The van der Waals surface area contributed by atoms with E-state index in [9.17, 15) is 9.90 Å². The first-order valence-electron chi connectivity index (χ1n) is 9.61. The van der Waals surface area contributed by atoms with Gasteiger partial charge in [0.15, 0.2) is 11.4 Å². The molecule has 3 aromatic rings. The number of rotatable bonds is 3. The van der Waals surface area contributed by atoms with Gasteiger partial charge in [0.2, 0.25) is 0 Å². The number of carbonyl (C=O) groups excluding carboxylic acids is 1. The molecule has 1 aliphatic rings. The maximum Gasteiger partial charge on any atom is 0.171 e. The number of carbonyl (C=O) groups is 1. The van der Waals surface area contributed by atoms with Crippen molar-refractivity contribution in [3.63, 3.8) is 0 Å². The standard InChI is InChI=1S/C22H26N4O2/c1-21(2,3)19(27)16-11-23-20-18(16)25-17(12-24-20)14-6-5-7-15(10-14)26-9-8-22(4,28)13-26/h5-7,10-12,28H,8-9,13H2,1-4H3,(H,23,24). The van der Waals surface area contributed by atoms with E-state index < -0.39 is 11.0 Å². The fourth-order valence-electron chi connectivity index (χ4n) is 3.64. The third-order valence-electron chi connectivity index (χ3n) is 5.27. The van der Waals surface area contributed by atoms with Crippen LogP contribution in [0.3, 0.4) is 0 Å². The molecular weight excluding hydrogens is 352 g/mol. The Bertz CT molecular complexity index is 1050. The lowest BCUT2D eigenvalue weighted by molar-refractivity contribution is 0.0838. The van der Waals surface area contributed by atoms with Gasteiger partial charge in [-0.1, -0.05) is 32.9 Å². The number of aliphatic hydroxyl groups is 1. The zero-order chi connectivity index (χ0) is 20.1. The first kappa shape index (κ1) is 18.6. The quantitative estimate of drug-likeness (QED) is 0.677. The molecule has 28 heavy (non-hydrogen) atoms. The van der Waals surface area contributed by atoms with Crippen LogP contribution in [0, 0.1) is 5.41 Å². The van der Waals surface area contributed by atoms with Crippen LogP contribution in [0.1, 0.15) is 44.5 Å². The number of anilines is 1. The Labute approximate surface area is 164 Å². The van der Waals surface area contributed by atoms with Crippen molar-refractivity contribution in [2.45, 2.75) is 39.7 Å². The van der Waals surface area contributed by atoms with Crippen molar-refractivity contribution in [3.05, 3.63) is 42.2 Å². The molecule has 146 valence electrons. The van der Waals surface area contributed by atoms with Gasteiger partial charge in [0.1, 0.15) is 5.52 Å². The van der Waals surface area contributed by atoms with Gasteiger partial charge in [0.05, 0.1) is 23.1 Å². The Morgan fingerprint density at radius 3 is 2.79 bits per heavy atom. The molecular formula is C22H26N4O2. The number of aromatic amines is 1. The molecule has 6 nitrogen and oxygen atoms in total. The van der Waals surface area contributed by atoms with E-state index >= 15 is 0 Å². The number of Topliss-reactive ketones (excluding diaryl/α,β-unsaturated/α-hetero) is 1. The lowest BCUT2D eigenvalue weighted by Crippen LogP contribution is -2.29. The summed E-state index contributed by atoms with van der Waals surface area (Å²) in [6, 6.07) is 8.09. The topological polar surface area (TPSA) is 82.1 Å². The third kappa shape index (κ3) is 3.40. The smallest absolute Gasteiger partial charge is 0.171 e. The van der Waals surface area contributed by atoms with Gasteiger partial charge in [0, 0.05) is 36.0 Å². The van der Waals surface area contributed by atoms with Gasteiger partial charge in [-0.05, 0) is 25.5 Å². The summed E-state index contributed by atoms with van der Waals surface area (Å²) in [6.45, 7) is 9.02. The molecule has 2 N–H and O–H groups in total. The second-order valence-electron chi connectivity index (χ2n) is 8.95. The highest BCUT2D eigenvalue weighted by Gasteiger charge is 2.31. The molecule has 0 saturated carbocycles. The highest BCUT2D eigenvalue weighted by molar-refractivity contribution is 6.08. The largest absolute Gasteiger partial charge is 0.388 e. The lowest BCUT2D eigenvalue weighted by atomic mass is 9.87. The highest BCUT2D eigenvalue weighted by atomic mass is 16.3. The summed E-state index contributed by atoms with van der Waals surface area (Å²) in [6.07, 6.45) is 4.18. The molecule has 0 aliphatic carbocycles. The van der Waals surface area contributed by atoms with E-state index in [2.05, 4.69) is 20.9 Å². The van der Waals surface area contributed by atoms with E-state index in [1.165, 1.54) is 0 Å². The van der Waals surface area contributed by atoms with Crippen LogP contribution in [0.25, 0.3) is 22.4 Å². The Balaban J connectivity index is 1.72. The van der Waals surface area contributed by atoms with Gasteiger partial charge < -0.3 is 15.0 Å². The molecule has 4 rings (SSSR count). The van der Waals surface area contributed by atoms with Gasteiger partial charge in [-0.15, -0.1) is 0 Å². The van der Waals surface area contributed by atoms with E-state index in [0.29, 0.717) is 23.3 Å². The van der Waals surface area contributed by atoms with E-state index in [-0.39, 0.29) is 5.78 Å². The Morgan fingerprint density at radius 1 is 1.32 bits per heavy atom. The molecule has 1 saturated heterocycles. The maximum atomic E-state index is 12.8. The summed E-state index contributed by atoms with van der Waals surface area (Å²) in [5, 5.41) is 10.3. The number of aromatic nitrogens is 3. The number of benzene rings is 1. The van der Waals surface area contributed by atoms with Crippen molar-refractivity contribution in [3.8, 4) is 11.3 Å². The van der Waals surface area contributed by atoms with Crippen LogP contribution in [0.4, 0.5) is 5.69 Å². The number of hydrogen-bond donors (Lipinski definition) is 2. The number of nitrogens with zero attached hydrogens (tertiary/aromatic N) is 3.